The number of ether oxygens (including phenoxy) is 2. The van der Waals surface area contributed by atoms with Crippen LogP contribution in [0.2, 0.25) is 0 Å². The summed E-state index contributed by atoms with van der Waals surface area (Å²) < 4.78 is 16.5. The first kappa shape index (κ1) is 17.6. The highest BCUT2D eigenvalue weighted by atomic mass is 16.5. The summed E-state index contributed by atoms with van der Waals surface area (Å²) in [6.07, 6.45) is 4.10. The van der Waals surface area contributed by atoms with Crippen molar-refractivity contribution in [3.63, 3.8) is 0 Å². The minimum Gasteiger partial charge on any atom is -0.497 e. The summed E-state index contributed by atoms with van der Waals surface area (Å²) in [5, 5.41) is 11.5. The molecule has 1 unspecified atom stereocenters. The minimum atomic E-state index is 0.251. The summed E-state index contributed by atoms with van der Waals surface area (Å²) in [6.45, 7) is 3.75. The van der Waals surface area contributed by atoms with Gasteiger partial charge in [0.1, 0.15) is 11.5 Å². The predicted octanol–water partition coefficient (Wildman–Crippen LogP) is 3.73. The van der Waals surface area contributed by atoms with E-state index in [2.05, 4.69) is 20.3 Å². The fraction of sp³-hybridized carbons (Fsp3) is 0.400. The van der Waals surface area contributed by atoms with E-state index in [0.29, 0.717) is 0 Å². The van der Waals surface area contributed by atoms with Gasteiger partial charge in [-0.2, -0.15) is 5.10 Å². The number of nitrogens with zero attached hydrogens (tertiary/aromatic N) is 3. The van der Waals surface area contributed by atoms with Crippen LogP contribution in [0.1, 0.15) is 35.9 Å². The number of H-pyrrole nitrogens is 1. The molecule has 7 nitrogen and oxygen atoms in total. The number of methoxy groups -OCH3 is 2. The van der Waals surface area contributed by atoms with E-state index in [9.17, 15) is 0 Å². The highest BCUT2D eigenvalue weighted by Gasteiger charge is 2.30. The lowest BCUT2D eigenvalue weighted by Crippen LogP contribution is -2.22. The second kappa shape index (κ2) is 7.44. The molecule has 1 fully saturated rings. The van der Waals surface area contributed by atoms with E-state index in [-0.39, 0.29) is 6.04 Å². The van der Waals surface area contributed by atoms with Crippen molar-refractivity contribution >= 4 is 0 Å². The highest BCUT2D eigenvalue weighted by molar-refractivity contribution is 5.71. The Morgan fingerprint density at radius 1 is 1.26 bits per heavy atom. The van der Waals surface area contributed by atoms with Gasteiger partial charge in [-0.15, -0.1) is 0 Å². The van der Waals surface area contributed by atoms with Gasteiger partial charge in [0, 0.05) is 23.7 Å². The van der Waals surface area contributed by atoms with Crippen molar-refractivity contribution in [2.24, 2.45) is 0 Å². The maximum absolute atomic E-state index is 5.55. The van der Waals surface area contributed by atoms with Crippen LogP contribution in [0, 0.1) is 6.92 Å². The number of aryl methyl sites for hydroxylation is 1. The molecule has 2 aromatic heterocycles. The summed E-state index contributed by atoms with van der Waals surface area (Å²) in [6, 6.07) is 8.05. The number of hydrogen-bond donors (Lipinski definition) is 1. The molecule has 4 rings (SSSR count). The Balaban J connectivity index is 1.63. The Morgan fingerprint density at radius 3 is 2.89 bits per heavy atom. The molecule has 0 amide bonds. The largest absolute Gasteiger partial charge is 0.497 e. The van der Waals surface area contributed by atoms with Gasteiger partial charge < -0.3 is 14.0 Å². The van der Waals surface area contributed by atoms with Crippen LogP contribution in [-0.2, 0) is 6.54 Å². The fourth-order valence-corrected chi connectivity index (χ4v) is 3.77. The zero-order valence-corrected chi connectivity index (χ0v) is 15.9. The molecule has 1 aromatic carbocycles. The van der Waals surface area contributed by atoms with Crippen molar-refractivity contribution in [2.45, 2.75) is 32.4 Å². The van der Waals surface area contributed by atoms with Crippen molar-refractivity contribution in [1.29, 1.82) is 0 Å². The molecular weight excluding hydrogens is 344 g/mol. The first-order valence-corrected chi connectivity index (χ1v) is 9.11. The van der Waals surface area contributed by atoms with Crippen molar-refractivity contribution < 1.29 is 14.0 Å². The van der Waals surface area contributed by atoms with Crippen LogP contribution in [0.25, 0.3) is 11.3 Å². The Bertz CT molecular complexity index is 918. The molecule has 7 heteroatoms. The SMILES string of the molecule is COc1ccc(OC)c(-c2[nH]ncc2CN2CCCC2c2cc(C)no2)c1. The number of hydrogen-bond acceptors (Lipinski definition) is 6. The van der Waals surface area contributed by atoms with Gasteiger partial charge in [-0.3, -0.25) is 10.00 Å². The maximum atomic E-state index is 5.55. The van der Waals surface area contributed by atoms with E-state index >= 15 is 0 Å². The molecule has 0 bridgehead atoms. The third-order valence-corrected chi connectivity index (χ3v) is 5.11. The molecule has 27 heavy (non-hydrogen) atoms. The van der Waals surface area contributed by atoms with Crippen LogP contribution >= 0.6 is 0 Å². The molecule has 1 saturated heterocycles. The normalized spacial score (nSPS) is 17.4. The summed E-state index contributed by atoms with van der Waals surface area (Å²) >= 11 is 0. The van der Waals surface area contributed by atoms with E-state index in [1.165, 1.54) is 0 Å². The number of rotatable bonds is 6. The van der Waals surface area contributed by atoms with Crippen LogP contribution in [-0.4, -0.2) is 41.0 Å². The molecule has 0 radical (unpaired) electrons. The number of likely N-dealkylation sites (tertiary alicyclic amines) is 1. The van der Waals surface area contributed by atoms with Gasteiger partial charge in [0.15, 0.2) is 5.76 Å². The average molecular weight is 368 g/mol. The van der Waals surface area contributed by atoms with Crippen LogP contribution in [0.15, 0.2) is 35.0 Å². The molecule has 0 spiro atoms. The Kier molecular flexibility index (Phi) is 4.85. The average Bonchev–Trinajstić information content (AvgIpc) is 3.42. The molecule has 3 heterocycles. The molecule has 1 aliphatic heterocycles. The smallest absolute Gasteiger partial charge is 0.154 e. The third kappa shape index (κ3) is 3.42. The highest BCUT2D eigenvalue weighted by Crippen LogP contribution is 2.37. The molecule has 0 aliphatic carbocycles. The summed E-state index contributed by atoms with van der Waals surface area (Å²) in [4.78, 5) is 2.42. The first-order valence-electron chi connectivity index (χ1n) is 9.11. The van der Waals surface area contributed by atoms with Gasteiger partial charge in [-0.1, -0.05) is 5.16 Å². The number of aromatic amines is 1. The zero-order valence-electron chi connectivity index (χ0n) is 15.9. The molecule has 0 saturated carbocycles. The molecule has 1 aliphatic rings. The third-order valence-electron chi connectivity index (χ3n) is 5.11. The number of nitrogens with one attached hydrogen (secondary N) is 1. The van der Waals surface area contributed by atoms with E-state index < -0.39 is 0 Å². The van der Waals surface area contributed by atoms with Gasteiger partial charge in [0.2, 0.25) is 0 Å². The first-order chi connectivity index (χ1) is 13.2. The molecule has 142 valence electrons. The van der Waals surface area contributed by atoms with Crippen molar-refractivity contribution in [3.05, 3.63) is 47.5 Å². The summed E-state index contributed by atoms with van der Waals surface area (Å²) in [5.74, 6) is 2.50. The van der Waals surface area contributed by atoms with Crippen LogP contribution in [0.5, 0.6) is 11.5 Å². The van der Waals surface area contributed by atoms with Crippen molar-refractivity contribution in [2.75, 3.05) is 20.8 Å². The number of benzene rings is 1. The Hall–Kier alpha value is -2.80. The summed E-state index contributed by atoms with van der Waals surface area (Å²) in [5.41, 5.74) is 3.92. The second-order valence-corrected chi connectivity index (χ2v) is 6.84. The molecule has 3 aromatic rings. The van der Waals surface area contributed by atoms with Gasteiger partial charge >= 0.3 is 0 Å². The van der Waals surface area contributed by atoms with Crippen molar-refractivity contribution in [1.82, 2.24) is 20.3 Å². The van der Waals surface area contributed by atoms with E-state index in [1.807, 2.05) is 37.4 Å². The lowest BCUT2D eigenvalue weighted by Gasteiger charge is -2.22. The quantitative estimate of drug-likeness (QED) is 0.714. The van der Waals surface area contributed by atoms with E-state index in [4.69, 9.17) is 14.0 Å². The minimum absolute atomic E-state index is 0.251. The van der Waals surface area contributed by atoms with Crippen molar-refractivity contribution in [3.8, 4) is 22.8 Å². The van der Waals surface area contributed by atoms with E-state index in [0.717, 1.165) is 65.7 Å². The zero-order chi connectivity index (χ0) is 18.8. The van der Waals surface area contributed by atoms with Crippen LogP contribution in [0.4, 0.5) is 0 Å². The fourth-order valence-electron chi connectivity index (χ4n) is 3.77. The van der Waals surface area contributed by atoms with Crippen LogP contribution < -0.4 is 9.47 Å². The standard InChI is InChI=1S/C20H24N4O3/c1-13-9-19(27-23-13)17-5-4-8-24(17)12-14-11-21-22-20(14)16-10-15(25-2)6-7-18(16)26-3/h6-7,9-11,17H,4-5,8,12H2,1-3H3,(H,21,22). The second-order valence-electron chi connectivity index (χ2n) is 6.84. The van der Waals surface area contributed by atoms with Gasteiger partial charge in [0.05, 0.1) is 37.8 Å². The Morgan fingerprint density at radius 2 is 2.15 bits per heavy atom. The van der Waals surface area contributed by atoms with Gasteiger partial charge in [0.25, 0.3) is 0 Å². The lowest BCUT2D eigenvalue weighted by atomic mass is 10.1. The topological polar surface area (TPSA) is 76.4 Å². The monoisotopic (exact) mass is 368 g/mol. The van der Waals surface area contributed by atoms with Gasteiger partial charge in [-0.25, -0.2) is 0 Å². The maximum Gasteiger partial charge on any atom is 0.154 e. The Labute approximate surface area is 158 Å². The van der Waals surface area contributed by atoms with Gasteiger partial charge in [-0.05, 0) is 44.5 Å². The molecule has 1 atom stereocenters. The lowest BCUT2D eigenvalue weighted by molar-refractivity contribution is 0.207. The number of aromatic nitrogens is 3. The molecule has 1 N–H and O–H groups in total. The predicted molar refractivity (Wildman–Crippen MR) is 101 cm³/mol. The van der Waals surface area contributed by atoms with E-state index in [1.54, 1.807) is 14.2 Å². The van der Waals surface area contributed by atoms with Crippen LogP contribution in [0.3, 0.4) is 0 Å². The molecular formula is C20H24N4O3. The summed E-state index contributed by atoms with van der Waals surface area (Å²) in [7, 11) is 3.33.